The topological polar surface area (TPSA) is 70.2 Å². The van der Waals surface area contributed by atoms with Crippen molar-refractivity contribution in [1.29, 1.82) is 5.41 Å². The Morgan fingerprint density at radius 1 is 1.64 bits per heavy atom. The van der Waals surface area contributed by atoms with Crippen molar-refractivity contribution in [2.45, 2.75) is 20.3 Å². The molecule has 0 spiro atoms. The van der Waals surface area contributed by atoms with E-state index in [4.69, 9.17) is 11.1 Å². The number of carbonyl (C=O) groups is 1. The second-order valence-electron chi connectivity index (χ2n) is 3.86. The number of nitrogens with two attached hydrogens (primary N) is 1. The molecule has 1 rings (SSSR count). The minimum atomic E-state index is 0.0151. The van der Waals surface area contributed by atoms with Crippen molar-refractivity contribution in [3.05, 3.63) is 11.3 Å². The predicted octanol–water partition coefficient (Wildman–Crippen LogP) is 0.737. The summed E-state index contributed by atoms with van der Waals surface area (Å²) in [5.41, 5.74) is 7.23. The Kier molecular flexibility index (Phi) is 3.28. The molecule has 1 amide bonds. The number of amides is 1. The van der Waals surface area contributed by atoms with E-state index in [2.05, 4.69) is 0 Å². The van der Waals surface area contributed by atoms with Gasteiger partial charge in [0.25, 0.3) is 0 Å². The summed E-state index contributed by atoms with van der Waals surface area (Å²) in [5, 5.41) is 7.17. The quantitative estimate of drug-likeness (QED) is 0.638. The third-order valence-corrected chi connectivity index (χ3v) is 2.40. The van der Waals surface area contributed by atoms with Gasteiger partial charge in [-0.2, -0.15) is 0 Å². The molecule has 4 nitrogen and oxygen atoms in total. The SMILES string of the molecule is CC(C)C(=O)N1CCC(N)=C(C=N)C1. The molecule has 3 N–H and O–H groups in total. The monoisotopic (exact) mass is 195 g/mol. The number of rotatable bonds is 2. The molecule has 78 valence electrons. The van der Waals surface area contributed by atoms with Crippen LogP contribution in [-0.2, 0) is 4.79 Å². The van der Waals surface area contributed by atoms with Gasteiger partial charge in [-0.1, -0.05) is 13.8 Å². The van der Waals surface area contributed by atoms with Crippen molar-refractivity contribution >= 4 is 12.1 Å². The number of hydrogen-bond donors (Lipinski definition) is 2. The van der Waals surface area contributed by atoms with Crippen LogP contribution in [0.15, 0.2) is 11.3 Å². The Hall–Kier alpha value is -1.32. The highest BCUT2D eigenvalue weighted by atomic mass is 16.2. The highest BCUT2D eigenvalue weighted by molar-refractivity contribution is 5.83. The van der Waals surface area contributed by atoms with Gasteiger partial charge in [0.15, 0.2) is 0 Å². The van der Waals surface area contributed by atoms with Crippen LogP contribution in [0.4, 0.5) is 0 Å². The standard InChI is InChI=1S/C10H17N3O/c1-7(2)10(14)13-4-3-9(12)8(5-11)6-13/h5,7,11H,3-4,6,12H2,1-2H3. The van der Waals surface area contributed by atoms with E-state index < -0.39 is 0 Å². The van der Waals surface area contributed by atoms with Crippen LogP contribution in [0.2, 0.25) is 0 Å². The first-order chi connectivity index (χ1) is 6.56. The Balaban J connectivity index is 2.72. The third kappa shape index (κ3) is 2.13. The van der Waals surface area contributed by atoms with Crippen molar-refractivity contribution in [1.82, 2.24) is 4.90 Å². The zero-order chi connectivity index (χ0) is 10.7. The lowest BCUT2D eigenvalue weighted by Crippen LogP contribution is -2.40. The van der Waals surface area contributed by atoms with Crippen molar-refractivity contribution in [2.75, 3.05) is 13.1 Å². The highest BCUT2D eigenvalue weighted by Crippen LogP contribution is 2.14. The summed E-state index contributed by atoms with van der Waals surface area (Å²) >= 11 is 0. The number of hydrogen-bond acceptors (Lipinski definition) is 3. The summed E-state index contributed by atoms with van der Waals surface area (Å²) in [7, 11) is 0. The minimum Gasteiger partial charge on any atom is -0.402 e. The predicted molar refractivity (Wildman–Crippen MR) is 56.0 cm³/mol. The van der Waals surface area contributed by atoms with Gasteiger partial charge in [-0.3, -0.25) is 4.79 Å². The molecule has 1 aliphatic rings. The smallest absolute Gasteiger partial charge is 0.225 e. The van der Waals surface area contributed by atoms with Gasteiger partial charge in [0, 0.05) is 42.9 Å². The van der Waals surface area contributed by atoms with Gasteiger partial charge in [0.1, 0.15) is 0 Å². The van der Waals surface area contributed by atoms with Crippen molar-refractivity contribution in [3.63, 3.8) is 0 Å². The molecule has 0 aromatic carbocycles. The fraction of sp³-hybridized carbons (Fsp3) is 0.600. The van der Waals surface area contributed by atoms with Crippen LogP contribution in [-0.4, -0.2) is 30.1 Å². The summed E-state index contributed by atoms with van der Waals surface area (Å²) in [6, 6.07) is 0. The molecule has 0 bridgehead atoms. The number of nitrogens with zero attached hydrogens (tertiary/aromatic N) is 1. The van der Waals surface area contributed by atoms with Crippen LogP contribution in [0, 0.1) is 11.3 Å². The molecule has 1 heterocycles. The maximum atomic E-state index is 11.7. The van der Waals surface area contributed by atoms with Crippen LogP contribution in [0.25, 0.3) is 0 Å². The molecule has 4 heteroatoms. The Labute approximate surface area is 84.3 Å². The molecule has 0 unspecified atom stereocenters. The van der Waals surface area contributed by atoms with Crippen LogP contribution >= 0.6 is 0 Å². The zero-order valence-electron chi connectivity index (χ0n) is 8.71. The minimum absolute atomic E-state index is 0.0151. The summed E-state index contributed by atoms with van der Waals surface area (Å²) in [6.07, 6.45) is 1.93. The van der Waals surface area contributed by atoms with E-state index in [1.165, 1.54) is 6.21 Å². The van der Waals surface area contributed by atoms with Crippen LogP contribution in [0.5, 0.6) is 0 Å². The van der Waals surface area contributed by atoms with Crippen LogP contribution in [0.3, 0.4) is 0 Å². The molecule has 0 aliphatic carbocycles. The molecule has 0 fully saturated rings. The van der Waals surface area contributed by atoms with E-state index in [1.54, 1.807) is 4.90 Å². The van der Waals surface area contributed by atoms with Gasteiger partial charge in [0.05, 0.1) is 0 Å². The van der Waals surface area contributed by atoms with Gasteiger partial charge in [0.2, 0.25) is 5.91 Å². The van der Waals surface area contributed by atoms with Gasteiger partial charge < -0.3 is 16.0 Å². The average molecular weight is 195 g/mol. The summed E-state index contributed by atoms with van der Waals surface area (Å²) in [4.78, 5) is 13.4. The molecular weight excluding hydrogens is 178 g/mol. The van der Waals surface area contributed by atoms with Crippen molar-refractivity contribution in [2.24, 2.45) is 11.7 Å². The molecule has 14 heavy (non-hydrogen) atoms. The molecule has 0 atom stereocenters. The molecule has 1 aliphatic heterocycles. The first-order valence-corrected chi connectivity index (χ1v) is 4.83. The Morgan fingerprint density at radius 2 is 2.29 bits per heavy atom. The zero-order valence-corrected chi connectivity index (χ0v) is 8.71. The summed E-state index contributed by atoms with van der Waals surface area (Å²) in [5.74, 6) is 0.151. The van der Waals surface area contributed by atoms with Crippen molar-refractivity contribution in [3.8, 4) is 0 Å². The van der Waals surface area contributed by atoms with Gasteiger partial charge in [-0.15, -0.1) is 0 Å². The van der Waals surface area contributed by atoms with E-state index in [0.29, 0.717) is 19.5 Å². The maximum Gasteiger partial charge on any atom is 0.225 e. The molecule has 0 aromatic heterocycles. The van der Waals surface area contributed by atoms with E-state index in [1.807, 2.05) is 13.8 Å². The van der Waals surface area contributed by atoms with Gasteiger partial charge in [-0.25, -0.2) is 0 Å². The first kappa shape index (κ1) is 10.8. The second-order valence-corrected chi connectivity index (χ2v) is 3.86. The highest BCUT2D eigenvalue weighted by Gasteiger charge is 2.22. The van der Waals surface area contributed by atoms with Crippen LogP contribution in [0.1, 0.15) is 20.3 Å². The average Bonchev–Trinajstić information content (AvgIpc) is 2.17. The number of nitrogens with one attached hydrogen (secondary N) is 1. The lowest BCUT2D eigenvalue weighted by atomic mass is 10.1. The van der Waals surface area contributed by atoms with E-state index in [0.717, 1.165) is 11.3 Å². The molecule has 0 saturated carbocycles. The molecular formula is C10H17N3O. The summed E-state index contributed by atoms with van der Waals surface area (Å²) in [6.45, 7) is 4.94. The second kappa shape index (κ2) is 4.26. The molecule has 0 saturated heterocycles. The third-order valence-electron chi connectivity index (χ3n) is 2.40. The Morgan fingerprint density at radius 3 is 2.79 bits per heavy atom. The van der Waals surface area contributed by atoms with E-state index >= 15 is 0 Å². The first-order valence-electron chi connectivity index (χ1n) is 4.83. The fourth-order valence-corrected chi connectivity index (χ4v) is 1.49. The largest absolute Gasteiger partial charge is 0.402 e. The fourth-order valence-electron chi connectivity index (χ4n) is 1.49. The van der Waals surface area contributed by atoms with Crippen LogP contribution < -0.4 is 5.73 Å². The molecule has 0 radical (unpaired) electrons. The lowest BCUT2D eigenvalue weighted by molar-refractivity contribution is -0.134. The lowest BCUT2D eigenvalue weighted by Gasteiger charge is -2.29. The van der Waals surface area contributed by atoms with E-state index in [9.17, 15) is 4.79 Å². The van der Waals surface area contributed by atoms with E-state index in [-0.39, 0.29) is 11.8 Å². The maximum absolute atomic E-state index is 11.7. The number of carbonyl (C=O) groups excluding carboxylic acids is 1. The summed E-state index contributed by atoms with van der Waals surface area (Å²) < 4.78 is 0. The van der Waals surface area contributed by atoms with Crippen molar-refractivity contribution < 1.29 is 4.79 Å². The normalized spacial score (nSPS) is 17.5. The Bertz CT molecular complexity index is 281. The molecule has 0 aromatic rings. The van der Waals surface area contributed by atoms with Gasteiger partial charge >= 0.3 is 0 Å². The van der Waals surface area contributed by atoms with Gasteiger partial charge in [-0.05, 0) is 0 Å².